The quantitative estimate of drug-likeness (QED) is 0.750. The van der Waals surface area contributed by atoms with E-state index in [0.717, 1.165) is 12.0 Å². The Hall–Kier alpha value is -1.51. The van der Waals surface area contributed by atoms with Crippen molar-refractivity contribution in [2.24, 2.45) is 0 Å². The molecule has 1 amide bonds. The minimum Gasteiger partial charge on any atom is -0.379 e. The van der Waals surface area contributed by atoms with Gasteiger partial charge >= 0.3 is 0 Å². The van der Waals surface area contributed by atoms with Crippen LogP contribution in [0.1, 0.15) is 31.2 Å². The molecule has 1 atom stereocenters. The molecule has 0 radical (unpaired) electrons. The van der Waals surface area contributed by atoms with Crippen LogP contribution in [-0.4, -0.2) is 57.2 Å². The molecule has 140 valence electrons. The fourth-order valence-electron chi connectivity index (χ4n) is 2.80. The normalized spacial score (nSPS) is 17.2. The zero-order valence-electron chi connectivity index (χ0n) is 14.4. The van der Waals surface area contributed by atoms with E-state index in [1.54, 1.807) is 12.1 Å². The number of carbonyl (C=O) groups is 1. The summed E-state index contributed by atoms with van der Waals surface area (Å²) in [5.41, 5.74) is 0.903. The van der Waals surface area contributed by atoms with Crippen LogP contribution in [0.3, 0.4) is 0 Å². The Balaban J connectivity index is 1.80. The van der Waals surface area contributed by atoms with E-state index in [2.05, 4.69) is 5.32 Å². The van der Waals surface area contributed by atoms with Crippen LogP contribution in [-0.2, 0) is 19.6 Å². The molecule has 1 aromatic carbocycles. The summed E-state index contributed by atoms with van der Waals surface area (Å²) < 4.78 is 43.9. The van der Waals surface area contributed by atoms with Crippen LogP contribution in [0.5, 0.6) is 0 Å². The second-order valence-corrected chi connectivity index (χ2v) is 8.13. The lowest BCUT2D eigenvalue weighted by atomic mass is 9.93. The van der Waals surface area contributed by atoms with Gasteiger partial charge in [0.05, 0.1) is 19.0 Å². The molecule has 2 rings (SSSR count). The maximum atomic E-state index is 13.0. The number of sulfonamides is 1. The summed E-state index contributed by atoms with van der Waals surface area (Å²) in [5, 5.41) is 2.67. The van der Waals surface area contributed by atoms with Crippen molar-refractivity contribution in [3.05, 3.63) is 35.6 Å². The van der Waals surface area contributed by atoms with Gasteiger partial charge in [-0.1, -0.05) is 19.1 Å². The summed E-state index contributed by atoms with van der Waals surface area (Å²) in [5.74, 6) is -0.646. The summed E-state index contributed by atoms with van der Waals surface area (Å²) in [6, 6.07) is 6.12. The van der Waals surface area contributed by atoms with Crippen molar-refractivity contribution >= 4 is 15.9 Å². The van der Waals surface area contributed by atoms with Crippen molar-refractivity contribution in [3.8, 4) is 0 Å². The topological polar surface area (TPSA) is 75.7 Å². The van der Waals surface area contributed by atoms with Gasteiger partial charge in [0.1, 0.15) is 5.82 Å². The van der Waals surface area contributed by atoms with Crippen molar-refractivity contribution in [1.82, 2.24) is 9.62 Å². The van der Waals surface area contributed by atoms with Gasteiger partial charge in [-0.15, -0.1) is 0 Å². The van der Waals surface area contributed by atoms with Crippen LogP contribution in [0.15, 0.2) is 24.3 Å². The second-order valence-electron chi connectivity index (χ2n) is 6.04. The monoisotopic (exact) mass is 372 g/mol. The molecule has 1 saturated heterocycles. The molecule has 25 heavy (non-hydrogen) atoms. The summed E-state index contributed by atoms with van der Waals surface area (Å²) in [4.78, 5) is 12.1. The maximum Gasteiger partial charge on any atom is 0.220 e. The third-order valence-corrected chi connectivity index (χ3v) is 6.18. The predicted octanol–water partition coefficient (Wildman–Crippen LogP) is 1.49. The summed E-state index contributed by atoms with van der Waals surface area (Å²) in [6.07, 6.45) is 0.991. The minimum atomic E-state index is -3.37. The summed E-state index contributed by atoms with van der Waals surface area (Å²) in [6.45, 7) is 3.57. The van der Waals surface area contributed by atoms with Gasteiger partial charge in [-0.25, -0.2) is 12.8 Å². The molecule has 0 aromatic heterocycles. The van der Waals surface area contributed by atoms with E-state index in [9.17, 15) is 17.6 Å². The van der Waals surface area contributed by atoms with E-state index >= 15 is 0 Å². The van der Waals surface area contributed by atoms with Crippen LogP contribution in [0.2, 0.25) is 0 Å². The van der Waals surface area contributed by atoms with Crippen molar-refractivity contribution in [3.63, 3.8) is 0 Å². The third kappa shape index (κ3) is 6.05. The van der Waals surface area contributed by atoms with E-state index in [1.807, 2.05) is 6.92 Å². The first-order valence-corrected chi connectivity index (χ1v) is 10.1. The summed E-state index contributed by atoms with van der Waals surface area (Å²) in [7, 11) is -3.37. The van der Waals surface area contributed by atoms with Crippen LogP contribution < -0.4 is 5.32 Å². The smallest absolute Gasteiger partial charge is 0.220 e. The maximum absolute atomic E-state index is 13.0. The van der Waals surface area contributed by atoms with Crippen molar-refractivity contribution in [2.45, 2.75) is 25.7 Å². The number of carbonyl (C=O) groups excluding carboxylic acids is 1. The highest BCUT2D eigenvalue weighted by Gasteiger charge is 2.24. The third-order valence-electron chi connectivity index (χ3n) is 4.31. The number of morpholine rings is 1. The lowest BCUT2D eigenvalue weighted by Crippen LogP contribution is -2.43. The number of halogens is 1. The molecule has 1 aliphatic heterocycles. The zero-order chi connectivity index (χ0) is 18.3. The number of ether oxygens (including phenoxy) is 1. The van der Waals surface area contributed by atoms with Gasteiger partial charge in [0.2, 0.25) is 15.9 Å². The molecule has 1 N–H and O–H groups in total. The second kappa shape index (κ2) is 9.26. The Labute approximate surface area is 148 Å². The Morgan fingerprint density at radius 2 is 1.92 bits per heavy atom. The van der Waals surface area contributed by atoms with Gasteiger partial charge in [0, 0.05) is 26.1 Å². The van der Waals surface area contributed by atoms with E-state index in [4.69, 9.17) is 4.74 Å². The number of nitrogens with zero attached hydrogens (tertiary/aromatic N) is 1. The van der Waals surface area contributed by atoms with Crippen molar-refractivity contribution in [1.29, 1.82) is 0 Å². The van der Waals surface area contributed by atoms with Gasteiger partial charge in [0.25, 0.3) is 0 Å². The Morgan fingerprint density at radius 1 is 1.28 bits per heavy atom. The first-order chi connectivity index (χ1) is 11.9. The van der Waals surface area contributed by atoms with Gasteiger partial charge in [-0.3, -0.25) is 4.79 Å². The number of rotatable bonds is 8. The average Bonchev–Trinajstić information content (AvgIpc) is 2.61. The Morgan fingerprint density at radius 3 is 2.52 bits per heavy atom. The van der Waals surface area contributed by atoms with E-state index in [-0.39, 0.29) is 36.4 Å². The van der Waals surface area contributed by atoms with Gasteiger partial charge in [-0.05, 0) is 30.0 Å². The highest BCUT2D eigenvalue weighted by Crippen LogP contribution is 2.23. The Kier molecular flexibility index (Phi) is 7.34. The molecule has 0 spiro atoms. The summed E-state index contributed by atoms with van der Waals surface area (Å²) >= 11 is 0. The molecule has 0 bridgehead atoms. The van der Waals surface area contributed by atoms with E-state index in [1.165, 1.54) is 16.4 Å². The predicted molar refractivity (Wildman–Crippen MR) is 93.2 cm³/mol. The lowest BCUT2D eigenvalue weighted by molar-refractivity contribution is -0.121. The molecule has 1 heterocycles. The molecule has 1 fully saturated rings. The molecule has 1 aliphatic rings. The first-order valence-electron chi connectivity index (χ1n) is 8.50. The number of nitrogens with one attached hydrogen (secondary N) is 1. The van der Waals surface area contributed by atoms with Crippen molar-refractivity contribution < 1.29 is 22.3 Å². The highest BCUT2D eigenvalue weighted by molar-refractivity contribution is 7.89. The standard InChI is InChI=1S/C17H25FN2O4S/c1-2-14(15-3-5-16(18)6-4-15)13-17(21)19-7-12-25(22,23)20-8-10-24-11-9-20/h3-6,14H,2,7-13H2,1H3,(H,19,21). The fourth-order valence-corrected chi connectivity index (χ4v) is 4.13. The van der Waals surface area contributed by atoms with Gasteiger partial charge < -0.3 is 10.1 Å². The zero-order valence-corrected chi connectivity index (χ0v) is 15.2. The highest BCUT2D eigenvalue weighted by atomic mass is 32.2. The van der Waals surface area contributed by atoms with Crippen LogP contribution in [0.4, 0.5) is 4.39 Å². The first kappa shape index (κ1) is 19.8. The largest absolute Gasteiger partial charge is 0.379 e. The number of benzene rings is 1. The molecule has 1 unspecified atom stereocenters. The van der Waals surface area contributed by atoms with Gasteiger partial charge in [0.15, 0.2) is 0 Å². The molecular formula is C17H25FN2O4S. The van der Waals surface area contributed by atoms with Gasteiger partial charge in [-0.2, -0.15) is 4.31 Å². The molecular weight excluding hydrogens is 347 g/mol. The molecule has 6 nitrogen and oxygen atoms in total. The van der Waals surface area contributed by atoms with Crippen LogP contribution in [0.25, 0.3) is 0 Å². The number of hydrogen-bond donors (Lipinski definition) is 1. The Bertz CT molecular complexity index is 658. The number of amides is 1. The lowest BCUT2D eigenvalue weighted by Gasteiger charge is -2.26. The van der Waals surface area contributed by atoms with Crippen LogP contribution in [0, 0.1) is 5.82 Å². The molecule has 8 heteroatoms. The molecule has 0 saturated carbocycles. The van der Waals surface area contributed by atoms with E-state index in [0.29, 0.717) is 26.3 Å². The van der Waals surface area contributed by atoms with Crippen LogP contribution >= 0.6 is 0 Å². The minimum absolute atomic E-state index is 0.0172. The average molecular weight is 372 g/mol. The fraction of sp³-hybridized carbons (Fsp3) is 0.588. The van der Waals surface area contributed by atoms with E-state index < -0.39 is 10.0 Å². The van der Waals surface area contributed by atoms with Crippen molar-refractivity contribution in [2.75, 3.05) is 38.6 Å². The number of hydrogen-bond acceptors (Lipinski definition) is 4. The molecule has 0 aliphatic carbocycles. The SMILES string of the molecule is CCC(CC(=O)NCCS(=O)(=O)N1CCOCC1)c1ccc(F)cc1. The molecule has 1 aromatic rings.